The summed E-state index contributed by atoms with van der Waals surface area (Å²) in [6.45, 7) is 6.59. The molecule has 0 spiro atoms. The molecule has 2 fully saturated rings. The van der Waals surface area contributed by atoms with Gasteiger partial charge in [-0.05, 0) is 93.2 Å². The molecule has 2 aliphatic carbocycles. The molecule has 0 aliphatic heterocycles. The molecule has 0 heterocycles. The predicted molar refractivity (Wildman–Crippen MR) is 124 cm³/mol. The highest BCUT2D eigenvalue weighted by Crippen LogP contribution is 2.44. The third kappa shape index (κ3) is 6.44. The Balaban J connectivity index is 1.52. The molecule has 2 aliphatic rings. The highest BCUT2D eigenvalue weighted by Gasteiger charge is 2.31. The van der Waals surface area contributed by atoms with E-state index in [4.69, 9.17) is 0 Å². The van der Waals surface area contributed by atoms with Gasteiger partial charge in [0.05, 0.1) is 0 Å². The maximum atomic E-state index is 14.8. The fourth-order valence-corrected chi connectivity index (χ4v) is 5.84. The van der Waals surface area contributed by atoms with Gasteiger partial charge in [-0.1, -0.05) is 52.4 Å². The third-order valence-electron chi connectivity index (χ3n) is 7.92. The zero-order valence-electron chi connectivity index (χ0n) is 19.5. The molecular weight excluding hydrogens is 376 g/mol. The van der Waals surface area contributed by atoms with Crippen molar-refractivity contribution in [2.45, 2.75) is 116 Å². The van der Waals surface area contributed by atoms with Crippen molar-refractivity contribution < 1.29 is 8.78 Å². The monoisotopic (exact) mass is 419 g/mol. The topological polar surface area (TPSA) is 12.0 Å². The summed E-state index contributed by atoms with van der Waals surface area (Å²) in [5, 5.41) is 3.09. The smallest absolute Gasteiger partial charge is 0.149 e. The molecule has 1 nitrogen and oxygen atoms in total. The minimum absolute atomic E-state index is 0.0618. The zero-order chi connectivity index (χ0) is 21.5. The van der Waals surface area contributed by atoms with Crippen LogP contribution in [-0.4, -0.2) is 6.04 Å². The van der Waals surface area contributed by atoms with Gasteiger partial charge in [0.1, 0.15) is 17.3 Å². The molecule has 3 rings (SSSR count). The summed E-state index contributed by atoms with van der Waals surface area (Å²) in [5.41, 5.74) is 0.925. The van der Waals surface area contributed by atoms with Gasteiger partial charge in [-0.2, -0.15) is 0 Å². The molecule has 0 aromatic heterocycles. The van der Waals surface area contributed by atoms with Crippen molar-refractivity contribution in [2.75, 3.05) is 5.32 Å². The summed E-state index contributed by atoms with van der Waals surface area (Å²) in [6, 6.07) is 3.29. The Hall–Kier alpha value is -1.12. The average molecular weight is 420 g/mol. The molecule has 1 N–H and O–H groups in total. The molecular formula is C27H43F2N. The van der Waals surface area contributed by atoms with E-state index in [9.17, 15) is 8.78 Å². The molecule has 1 unspecified atom stereocenters. The maximum Gasteiger partial charge on any atom is 0.149 e. The van der Waals surface area contributed by atoms with Crippen molar-refractivity contribution in [3.63, 3.8) is 0 Å². The summed E-state index contributed by atoms with van der Waals surface area (Å²) in [6.07, 6.45) is 15.8. The number of hydrogen-bond acceptors (Lipinski definition) is 1. The van der Waals surface area contributed by atoms with Crippen molar-refractivity contribution in [1.29, 1.82) is 0 Å². The first-order valence-electron chi connectivity index (χ1n) is 12.7. The van der Waals surface area contributed by atoms with Crippen LogP contribution in [0.25, 0.3) is 0 Å². The molecule has 0 bridgehead atoms. The molecule has 170 valence electrons. The number of nitrogens with one attached hydrogen (secondary N) is 1. The Morgan fingerprint density at radius 2 is 1.43 bits per heavy atom. The van der Waals surface area contributed by atoms with Crippen LogP contribution in [0, 0.1) is 29.4 Å². The van der Waals surface area contributed by atoms with Crippen LogP contribution in [0.1, 0.15) is 116 Å². The first-order valence-corrected chi connectivity index (χ1v) is 12.7. The van der Waals surface area contributed by atoms with E-state index in [1.54, 1.807) is 12.1 Å². The summed E-state index contributed by atoms with van der Waals surface area (Å²) >= 11 is 0. The Morgan fingerprint density at radius 3 is 2.00 bits per heavy atom. The van der Waals surface area contributed by atoms with E-state index in [0.717, 1.165) is 49.0 Å². The van der Waals surface area contributed by atoms with E-state index in [2.05, 4.69) is 19.2 Å². The first kappa shape index (κ1) is 23.5. The van der Waals surface area contributed by atoms with Crippen molar-refractivity contribution in [3.8, 4) is 0 Å². The number of hydrogen-bond donors (Lipinski definition) is 1. The van der Waals surface area contributed by atoms with E-state index in [0.29, 0.717) is 5.92 Å². The Kier molecular flexibility index (Phi) is 9.01. The molecule has 1 aromatic carbocycles. The lowest BCUT2D eigenvalue weighted by atomic mass is 9.68. The summed E-state index contributed by atoms with van der Waals surface area (Å²) in [7, 11) is 0. The van der Waals surface area contributed by atoms with Gasteiger partial charge >= 0.3 is 0 Å². The zero-order valence-corrected chi connectivity index (χ0v) is 19.5. The Morgan fingerprint density at radius 1 is 0.867 bits per heavy atom. The van der Waals surface area contributed by atoms with Gasteiger partial charge in [0.15, 0.2) is 0 Å². The predicted octanol–water partition coefficient (Wildman–Crippen LogP) is 8.84. The molecule has 30 heavy (non-hydrogen) atoms. The summed E-state index contributed by atoms with van der Waals surface area (Å²) in [5.74, 6) is 2.09. The lowest BCUT2D eigenvalue weighted by Crippen LogP contribution is -2.25. The van der Waals surface area contributed by atoms with Crippen molar-refractivity contribution >= 4 is 5.69 Å². The van der Waals surface area contributed by atoms with Gasteiger partial charge in [0.2, 0.25) is 0 Å². The lowest BCUT2D eigenvalue weighted by molar-refractivity contribution is 0.165. The normalized spacial score (nSPS) is 28.3. The van der Waals surface area contributed by atoms with Gasteiger partial charge in [-0.15, -0.1) is 0 Å². The van der Waals surface area contributed by atoms with E-state index in [-0.39, 0.29) is 11.7 Å². The van der Waals surface area contributed by atoms with E-state index in [1.165, 1.54) is 57.8 Å². The summed E-state index contributed by atoms with van der Waals surface area (Å²) < 4.78 is 29.5. The fourth-order valence-electron chi connectivity index (χ4n) is 5.84. The van der Waals surface area contributed by atoms with Gasteiger partial charge in [-0.25, -0.2) is 8.78 Å². The van der Waals surface area contributed by atoms with Crippen LogP contribution in [-0.2, 0) is 0 Å². The standard InChI is InChI=1S/C27H43F2N/c1-4-5-6-7-8-20(3)30-27-25(28)17-24(18-26(27)29)23-15-13-22(14-16-23)21-11-9-19(2)10-12-21/h17-23,30H,4-16H2,1-3H3. The minimum Gasteiger partial charge on any atom is -0.378 e. The molecule has 1 aromatic rings. The van der Waals surface area contributed by atoms with Crippen molar-refractivity contribution in [2.24, 2.45) is 17.8 Å². The van der Waals surface area contributed by atoms with E-state index in [1.807, 2.05) is 6.92 Å². The second kappa shape index (κ2) is 11.5. The Bertz CT molecular complexity index is 619. The largest absolute Gasteiger partial charge is 0.378 e. The first-order chi connectivity index (χ1) is 14.5. The number of unbranched alkanes of at least 4 members (excludes halogenated alkanes) is 3. The molecule has 3 heteroatoms. The molecule has 0 radical (unpaired) electrons. The maximum absolute atomic E-state index is 14.8. The second-order valence-corrected chi connectivity index (χ2v) is 10.4. The van der Waals surface area contributed by atoms with Crippen LogP contribution in [0.4, 0.5) is 14.5 Å². The number of benzene rings is 1. The van der Waals surface area contributed by atoms with Gasteiger partial charge < -0.3 is 5.32 Å². The number of anilines is 1. The van der Waals surface area contributed by atoms with Gasteiger partial charge in [0.25, 0.3) is 0 Å². The van der Waals surface area contributed by atoms with Crippen molar-refractivity contribution in [1.82, 2.24) is 0 Å². The minimum atomic E-state index is -0.422. The van der Waals surface area contributed by atoms with E-state index >= 15 is 0 Å². The second-order valence-electron chi connectivity index (χ2n) is 10.4. The van der Waals surface area contributed by atoms with E-state index < -0.39 is 11.6 Å². The lowest BCUT2D eigenvalue weighted by Gasteiger charge is -2.37. The highest BCUT2D eigenvalue weighted by atomic mass is 19.1. The van der Waals surface area contributed by atoms with Crippen LogP contribution in [0.2, 0.25) is 0 Å². The molecule has 0 amide bonds. The van der Waals surface area contributed by atoms with Crippen molar-refractivity contribution in [3.05, 3.63) is 29.3 Å². The molecule has 0 saturated heterocycles. The quantitative estimate of drug-likeness (QED) is 0.394. The number of rotatable bonds is 9. The van der Waals surface area contributed by atoms with Gasteiger partial charge in [0, 0.05) is 6.04 Å². The SMILES string of the molecule is CCCCCCC(C)Nc1c(F)cc(C2CCC(C3CCC(C)CC3)CC2)cc1F. The number of halogens is 2. The Labute approximate surface area is 183 Å². The third-order valence-corrected chi connectivity index (χ3v) is 7.92. The molecule has 2 saturated carbocycles. The van der Waals surface area contributed by atoms with Crippen LogP contribution < -0.4 is 5.32 Å². The molecule has 1 atom stereocenters. The van der Waals surface area contributed by atoms with Crippen LogP contribution in [0.15, 0.2) is 12.1 Å². The summed E-state index contributed by atoms with van der Waals surface area (Å²) in [4.78, 5) is 0. The van der Waals surface area contributed by atoms with Crippen LogP contribution in [0.3, 0.4) is 0 Å². The highest BCUT2D eigenvalue weighted by molar-refractivity contribution is 5.49. The fraction of sp³-hybridized carbons (Fsp3) is 0.778. The average Bonchev–Trinajstić information content (AvgIpc) is 2.74. The van der Waals surface area contributed by atoms with Crippen LogP contribution >= 0.6 is 0 Å². The van der Waals surface area contributed by atoms with Gasteiger partial charge in [-0.3, -0.25) is 0 Å². The van der Waals surface area contributed by atoms with Crippen LogP contribution in [0.5, 0.6) is 0 Å².